The zero-order valence-corrected chi connectivity index (χ0v) is 19.3. The van der Waals surface area contributed by atoms with E-state index in [0.717, 1.165) is 35.9 Å². The molecular formula is C24H28N8O2. The second-order valence-electron chi connectivity index (χ2n) is 8.48. The third-order valence-corrected chi connectivity index (χ3v) is 5.28. The van der Waals surface area contributed by atoms with Gasteiger partial charge in [-0.15, -0.1) is 0 Å². The Labute approximate surface area is 198 Å². The molecular weight excluding hydrogens is 432 g/mol. The fourth-order valence-electron chi connectivity index (χ4n) is 3.57. The molecule has 0 saturated carbocycles. The highest BCUT2D eigenvalue weighted by molar-refractivity contribution is 5.66. The molecule has 0 unspecified atom stereocenters. The number of imidazole rings is 1. The fourth-order valence-corrected chi connectivity index (χ4v) is 3.57. The maximum absolute atomic E-state index is 5.68. The first-order valence-corrected chi connectivity index (χ1v) is 11.4. The quantitative estimate of drug-likeness (QED) is 0.406. The molecule has 1 aliphatic rings. The van der Waals surface area contributed by atoms with E-state index < -0.39 is 0 Å². The van der Waals surface area contributed by atoms with E-state index in [1.165, 1.54) is 0 Å². The van der Waals surface area contributed by atoms with Crippen molar-refractivity contribution in [2.45, 2.75) is 13.8 Å². The molecule has 1 aliphatic heterocycles. The van der Waals surface area contributed by atoms with Crippen LogP contribution in [0.2, 0.25) is 0 Å². The Morgan fingerprint density at radius 2 is 1.88 bits per heavy atom. The Kier molecular flexibility index (Phi) is 6.39. The van der Waals surface area contributed by atoms with Crippen LogP contribution in [0.3, 0.4) is 0 Å². The summed E-state index contributed by atoms with van der Waals surface area (Å²) in [6.45, 7) is 7.74. The Morgan fingerprint density at radius 3 is 2.68 bits per heavy atom. The molecule has 10 heteroatoms. The lowest BCUT2D eigenvalue weighted by atomic mass is 10.2. The number of fused-ring (bicyclic) bond motifs is 1. The van der Waals surface area contributed by atoms with Gasteiger partial charge in [0.25, 0.3) is 0 Å². The highest BCUT2D eigenvalue weighted by Gasteiger charge is 2.16. The summed E-state index contributed by atoms with van der Waals surface area (Å²) in [6, 6.07) is 9.66. The summed E-state index contributed by atoms with van der Waals surface area (Å²) in [4.78, 5) is 20.4. The van der Waals surface area contributed by atoms with Crippen LogP contribution in [0.25, 0.3) is 5.65 Å². The van der Waals surface area contributed by atoms with Crippen molar-refractivity contribution >= 4 is 34.6 Å². The number of hydrogen-bond donors (Lipinski definition) is 2. The lowest BCUT2D eigenvalue weighted by Gasteiger charge is -2.28. The Bertz CT molecular complexity index is 1240. The van der Waals surface area contributed by atoms with E-state index in [1.54, 1.807) is 12.4 Å². The van der Waals surface area contributed by atoms with Gasteiger partial charge in [0.15, 0.2) is 0 Å². The van der Waals surface area contributed by atoms with Crippen LogP contribution < -0.4 is 20.3 Å². The fraction of sp³-hybridized carbons (Fsp3) is 0.333. The topological polar surface area (TPSA) is 102 Å². The molecule has 1 fully saturated rings. The Morgan fingerprint density at radius 1 is 1.00 bits per heavy atom. The van der Waals surface area contributed by atoms with Gasteiger partial charge >= 0.3 is 0 Å². The third-order valence-electron chi connectivity index (χ3n) is 5.28. The van der Waals surface area contributed by atoms with Gasteiger partial charge in [0.2, 0.25) is 11.8 Å². The van der Waals surface area contributed by atoms with Crippen molar-refractivity contribution in [1.82, 2.24) is 24.3 Å². The minimum atomic E-state index is 0.441. The van der Waals surface area contributed by atoms with Gasteiger partial charge in [-0.05, 0) is 18.1 Å². The second-order valence-corrected chi connectivity index (χ2v) is 8.48. The third kappa shape index (κ3) is 5.34. The smallest absolute Gasteiger partial charge is 0.231 e. The molecule has 176 valence electrons. The zero-order valence-electron chi connectivity index (χ0n) is 19.3. The number of ether oxygens (including phenoxy) is 2. The molecule has 5 rings (SSSR count). The molecule has 0 amide bonds. The van der Waals surface area contributed by atoms with Crippen molar-refractivity contribution in [3.05, 3.63) is 55.1 Å². The van der Waals surface area contributed by atoms with Crippen LogP contribution in [0, 0.1) is 5.92 Å². The highest BCUT2D eigenvalue weighted by atomic mass is 16.5. The van der Waals surface area contributed by atoms with Crippen LogP contribution in [0.1, 0.15) is 13.8 Å². The van der Waals surface area contributed by atoms with Crippen molar-refractivity contribution in [2.75, 3.05) is 48.4 Å². The average Bonchev–Trinajstić information content (AvgIpc) is 3.32. The predicted molar refractivity (Wildman–Crippen MR) is 131 cm³/mol. The summed E-state index contributed by atoms with van der Waals surface area (Å²) >= 11 is 0. The summed E-state index contributed by atoms with van der Waals surface area (Å²) < 4.78 is 13.1. The second kappa shape index (κ2) is 9.92. The van der Waals surface area contributed by atoms with Crippen molar-refractivity contribution in [3.8, 4) is 5.88 Å². The molecule has 0 atom stereocenters. The first-order valence-electron chi connectivity index (χ1n) is 11.4. The largest absolute Gasteiger partial charge is 0.477 e. The van der Waals surface area contributed by atoms with Crippen LogP contribution in [-0.2, 0) is 4.74 Å². The molecule has 2 N–H and O–H groups in total. The Hall–Kier alpha value is -3.92. The molecule has 10 nitrogen and oxygen atoms in total. The number of nitrogens with zero attached hydrogens (tertiary/aromatic N) is 6. The van der Waals surface area contributed by atoms with E-state index >= 15 is 0 Å². The minimum absolute atomic E-state index is 0.441. The maximum Gasteiger partial charge on any atom is 0.231 e. The van der Waals surface area contributed by atoms with Crippen LogP contribution >= 0.6 is 0 Å². The number of rotatable bonds is 8. The van der Waals surface area contributed by atoms with E-state index in [-0.39, 0.29) is 0 Å². The minimum Gasteiger partial charge on any atom is -0.477 e. The number of pyridine rings is 2. The first kappa shape index (κ1) is 21.9. The monoisotopic (exact) mass is 460 g/mol. The molecule has 34 heavy (non-hydrogen) atoms. The lowest BCUT2D eigenvalue weighted by Crippen LogP contribution is -2.36. The summed E-state index contributed by atoms with van der Waals surface area (Å²) in [5.41, 5.74) is 2.53. The van der Waals surface area contributed by atoms with Gasteiger partial charge < -0.3 is 29.4 Å². The van der Waals surface area contributed by atoms with Gasteiger partial charge in [-0.25, -0.2) is 9.97 Å². The molecule has 5 heterocycles. The molecule has 0 spiro atoms. The van der Waals surface area contributed by atoms with Crippen LogP contribution in [0.5, 0.6) is 5.88 Å². The summed E-state index contributed by atoms with van der Waals surface area (Å²) in [5, 5.41) is 6.66. The Balaban J connectivity index is 1.39. The van der Waals surface area contributed by atoms with Gasteiger partial charge in [-0.3, -0.25) is 0 Å². The van der Waals surface area contributed by atoms with Crippen molar-refractivity contribution in [1.29, 1.82) is 0 Å². The number of aromatic nitrogens is 5. The van der Waals surface area contributed by atoms with E-state index in [0.29, 0.717) is 43.4 Å². The molecule has 0 aromatic carbocycles. The molecule has 0 aliphatic carbocycles. The normalized spacial score (nSPS) is 13.9. The molecule has 1 saturated heterocycles. The first-order chi connectivity index (χ1) is 16.6. The van der Waals surface area contributed by atoms with Gasteiger partial charge in [0.1, 0.15) is 17.3 Å². The van der Waals surface area contributed by atoms with Crippen LogP contribution in [0.4, 0.5) is 29.0 Å². The predicted octanol–water partition coefficient (Wildman–Crippen LogP) is 3.88. The number of hydrogen-bond acceptors (Lipinski definition) is 9. The number of morpholine rings is 1. The SMILES string of the molecule is CC(C)COc1ccc(Nc2nc(Nc3ccn4ccnc4c3)cc(N3CCOCC3)n2)cn1. The van der Waals surface area contributed by atoms with Crippen molar-refractivity contribution < 1.29 is 9.47 Å². The number of anilines is 5. The molecule has 0 radical (unpaired) electrons. The molecule has 4 aromatic rings. The van der Waals surface area contributed by atoms with Crippen molar-refractivity contribution in [3.63, 3.8) is 0 Å². The highest BCUT2D eigenvalue weighted by Crippen LogP contribution is 2.25. The molecule has 4 aromatic heterocycles. The van der Waals surface area contributed by atoms with Gasteiger partial charge in [-0.2, -0.15) is 9.97 Å². The summed E-state index contributed by atoms with van der Waals surface area (Å²) in [6.07, 6.45) is 7.37. The van der Waals surface area contributed by atoms with Crippen LogP contribution in [0.15, 0.2) is 55.1 Å². The molecule has 0 bridgehead atoms. The number of nitrogens with one attached hydrogen (secondary N) is 2. The van der Waals surface area contributed by atoms with Crippen molar-refractivity contribution in [2.24, 2.45) is 5.92 Å². The van der Waals surface area contributed by atoms with Gasteiger partial charge in [0, 0.05) is 55.6 Å². The van der Waals surface area contributed by atoms with E-state index in [2.05, 4.69) is 39.3 Å². The maximum atomic E-state index is 5.68. The van der Waals surface area contributed by atoms with E-state index in [9.17, 15) is 0 Å². The summed E-state index contributed by atoms with van der Waals surface area (Å²) in [7, 11) is 0. The summed E-state index contributed by atoms with van der Waals surface area (Å²) in [5.74, 6) is 3.02. The van der Waals surface area contributed by atoms with Gasteiger partial charge in [-0.1, -0.05) is 13.8 Å². The average molecular weight is 461 g/mol. The standard InChI is InChI=1S/C24H28N8O2/c1-17(2)16-34-23-4-3-19(15-26-23)28-24-29-20(14-22(30-24)32-9-11-33-12-10-32)27-18-5-7-31-8-6-25-21(31)13-18/h3-8,13-15,17H,9-12,16H2,1-2H3,(H2,27,28,29,30). The lowest BCUT2D eigenvalue weighted by molar-refractivity contribution is 0.122. The van der Waals surface area contributed by atoms with E-state index in [4.69, 9.17) is 19.4 Å². The van der Waals surface area contributed by atoms with Gasteiger partial charge in [0.05, 0.1) is 31.7 Å². The van der Waals surface area contributed by atoms with Crippen LogP contribution in [-0.4, -0.2) is 57.2 Å². The van der Waals surface area contributed by atoms with E-state index in [1.807, 2.05) is 47.1 Å². The zero-order chi connectivity index (χ0) is 23.3.